The number of benzene rings is 1. The molecule has 0 atom stereocenters. The molecule has 0 saturated carbocycles. The van der Waals surface area contributed by atoms with Crippen molar-refractivity contribution in [1.82, 2.24) is 19.6 Å². The van der Waals surface area contributed by atoms with E-state index in [9.17, 15) is 14.9 Å². The lowest BCUT2D eigenvalue weighted by Crippen LogP contribution is -2.47. The Bertz CT molecular complexity index is 1310. The first-order chi connectivity index (χ1) is 16.6. The molecule has 34 heavy (non-hydrogen) atoms. The fourth-order valence-electron chi connectivity index (χ4n) is 3.97. The molecule has 4 rings (SSSR count). The molecule has 3 heterocycles. The number of carbonyl (C=O) groups is 1. The van der Waals surface area contributed by atoms with Crippen LogP contribution in [-0.4, -0.2) is 52.9 Å². The summed E-state index contributed by atoms with van der Waals surface area (Å²) in [5, 5.41) is 12.2. The number of anilines is 1. The average Bonchev–Trinajstić information content (AvgIpc) is 2.88. The van der Waals surface area contributed by atoms with Gasteiger partial charge in [0.25, 0.3) is 11.5 Å². The second kappa shape index (κ2) is 10.6. The van der Waals surface area contributed by atoms with E-state index in [0.29, 0.717) is 24.6 Å². The first kappa shape index (κ1) is 23.0. The van der Waals surface area contributed by atoms with Gasteiger partial charge in [0, 0.05) is 45.5 Å². The van der Waals surface area contributed by atoms with Crippen LogP contribution in [0.3, 0.4) is 0 Å². The summed E-state index contributed by atoms with van der Waals surface area (Å²) in [6.07, 6.45) is 4.51. The minimum atomic E-state index is -0.557. The van der Waals surface area contributed by atoms with Crippen molar-refractivity contribution in [3.05, 3.63) is 94.4 Å². The Morgan fingerprint density at radius 3 is 2.56 bits per heavy atom. The number of pyridine rings is 1. The molecule has 1 N–H and O–H groups in total. The van der Waals surface area contributed by atoms with E-state index >= 15 is 0 Å². The normalized spacial score (nSPS) is 14.6. The van der Waals surface area contributed by atoms with Crippen molar-refractivity contribution in [1.29, 1.82) is 5.26 Å². The summed E-state index contributed by atoms with van der Waals surface area (Å²) in [5.41, 5.74) is 1.52. The zero-order valence-corrected chi connectivity index (χ0v) is 18.9. The van der Waals surface area contributed by atoms with Gasteiger partial charge in [-0.3, -0.25) is 18.9 Å². The molecule has 172 valence electrons. The van der Waals surface area contributed by atoms with E-state index in [1.165, 1.54) is 22.1 Å². The van der Waals surface area contributed by atoms with Crippen LogP contribution >= 0.6 is 0 Å². The van der Waals surface area contributed by atoms with Gasteiger partial charge in [0.05, 0.1) is 5.56 Å². The number of piperazine rings is 1. The smallest absolute Gasteiger partial charge is 0.267 e. The highest BCUT2D eigenvalue weighted by Gasteiger charge is 2.23. The van der Waals surface area contributed by atoms with Crippen molar-refractivity contribution in [2.24, 2.45) is 0 Å². The van der Waals surface area contributed by atoms with E-state index in [4.69, 9.17) is 4.98 Å². The summed E-state index contributed by atoms with van der Waals surface area (Å²) < 4.78 is 1.43. The Balaban J connectivity index is 1.66. The van der Waals surface area contributed by atoms with Crippen LogP contribution in [0.1, 0.15) is 11.1 Å². The summed E-state index contributed by atoms with van der Waals surface area (Å²) in [6, 6.07) is 17.6. The first-order valence-corrected chi connectivity index (χ1v) is 11.1. The Morgan fingerprint density at radius 2 is 1.85 bits per heavy atom. The van der Waals surface area contributed by atoms with Gasteiger partial charge in [0.2, 0.25) is 0 Å². The SMILES string of the molecule is C=CCNC(=O)C(C#N)=Cc1c(N2CCN(Cc3ccccc3)CC2)nc2ccccn2c1=O. The number of rotatable bonds is 7. The molecule has 1 aromatic carbocycles. The number of amides is 1. The number of nitrogens with zero attached hydrogens (tertiary/aromatic N) is 5. The number of aromatic nitrogens is 2. The maximum Gasteiger partial charge on any atom is 0.267 e. The third-order valence-electron chi connectivity index (χ3n) is 5.73. The van der Waals surface area contributed by atoms with Crippen LogP contribution in [0.15, 0.2) is 77.8 Å². The number of hydrogen-bond donors (Lipinski definition) is 1. The molecule has 8 heteroatoms. The summed E-state index contributed by atoms with van der Waals surface area (Å²) >= 11 is 0. The Morgan fingerprint density at radius 1 is 1.12 bits per heavy atom. The van der Waals surface area contributed by atoms with Crippen molar-refractivity contribution >= 4 is 23.4 Å². The third kappa shape index (κ3) is 5.05. The zero-order chi connectivity index (χ0) is 23.9. The van der Waals surface area contributed by atoms with Crippen LogP contribution < -0.4 is 15.8 Å². The molecular weight excluding hydrogens is 428 g/mol. The van der Waals surface area contributed by atoms with Gasteiger partial charge in [-0.15, -0.1) is 6.58 Å². The van der Waals surface area contributed by atoms with E-state index in [-0.39, 0.29) is 23.2 Å². The summed E-state index contributed by atoms with van der Waals surface area (Å²) in [4.78, 5) is 34.9. The van der Waals surface area contributed by atoms with Crippen LogP contribution in [0.2, 0.25) is 0 Å². The second-order valence-corrected chi connectivity index (χ2v) is 8.00. The summed E-state index contributed by atoms with van der Waals surface area (Å²) in [7, 11) is 0. The van der Waals surface area contributed by atoms with E-state index in [2.05, 4.69) is 33.8 Å². The number of nitrogens with one attached hydrogen (secondary N) is 1. The number of hydrogen-bond acceptors (Lipinski definition) is 6. The molecule has 2 aromatic heterocycles. The lowest BCUT2D eigenvalue weighted by molar-refractivity contribution is -0.116. The highest BCUT2D eigenvalue weighted by Crippen LogP contribution is 2.21. The fourth-order valence-corrected chi connectivity index (χ4v) is 3.97. The fraction of sp³-hybridized carbons (Fsp3) is 0.231. The number of carbonyl (C=O) groups excluding carboxylic acids is 1. The molecule has 0 spiro atoms. The van der Waals surface area contributed by atoms with Crippen molar-refractivity contribution in [3.8, 4) is 6.07 Å². The van der Waals surface area contributed by atoms with Gasteiger partial charge in [-0.1, -0.05) is 42.5 Å². The quantitative estimate of drug-likeness (QED) is 0.334. The van der Waals surface area contributed by atoms with Crippen LogP contribution in [0.25, 0.3) is 11.7 Å². The van der Waals surface area contributed by atoms with Crippen LogP contribution in [0.5, 0.6) is 0 Å². The van der Waals surface area contributed by atoms with E-state index in [1.54, 1.807) is 18.3 Å². The molecule has 3 aromatic rings. The topological polar surface area (TPSA) is 93.7 Å². The molecule has 1 amide bonds. The first-order valence-electron chi connectivity index (χ1n) is 11.1. The van der Waals surface area contributed by atoms with Crippen molar-refractivity contribution in [2.45, 2.75) is 6.54 Å². The summed E-state index contributed by atoms with van der Waals surface area (Å²) in [6.45, 7) is 7.61. The molecule has 0 aliphatic carbocycles. The molecule has 1 fully saturated rings. The molecule has 0 bridgehead atoms. The van der Waals surface area contributed by atoms with Gasteiger partial charge >= 0.3 is 0 Å². The van der Waals surface area contributed by atoms with E-state index < -0.39 is 5.91 Å². The minimum absolute atomic E-state index is 0.152. The Hall–Kier alpha value is -4.22. The van der Waals surface area contributed by atoms with Crippen molar-refractivity contribution in [2.75, 3.05) is 37.6 Å². The van der Waals surface area contributed by atoms with Gasteiger partial charge in [-0.05, 0) is 23.8 Å². The standard InChI is InChI=1S/C26H26N6O2/c1-2-11-28-25(33)21(18-27)17-22-24(29-23-10-6-7-12-32(23)26(22)34)31-15-13-30(14-16-31)19-20-8-4-3-5-9-20/h2-10,12,17H,1,11,13-16,19H2,(H,28,33). The maximum atomic E-state index is 13.4. The van der Waals surface area contributed by atoms with Crippen LogP contribution in [0, 0.1) is 11.3 Å². The summed E-state index contributed by atoms with van der Waals surface area (Å²) in [5.74, 6) is -0.0709. The lowest BCUT2D eigenvalue weighted by atomic mass is 10.1. The zero-order valence-electron chi connectivity index (χ0n) is 18.9. The van der Waals surface area contributed by atoms with E-state index in [1.807, 2.05) is 30.3 Å². The largest absolute Gasteiger partial charge is 0.353 e. The Labute approximate surface area is 198 Å². The van der Waals surface area contributed by atoms with Gasteiger partial charge in [-0.25, -0.2) is 4.98 Å². The monoisotopic (exact) mass is 454 g/mol. The van der Waals surface area contributed by atoms with E-state index in [0.717, 1.165) is 19.6 Å². The Kier molecular flexibility index (Phi) is 7.16. The number of nitriles is 1. The molecule has 1 aliphatic rings. The maximum absolute atomic E-state index is 13.4. The van der Waals surface area contributed by atoms with Crippen LogP contribution in [0.4, 0.5) is 5.82 Å². The van der Waals surface area contributed by atoms with Gasteiger partial charge in [-0.2, -0.15) is 5.26 Å². The predicted molar refractivity (Wildman–Crippen MR) is 132 cm³/mol. The molecule has 0 radical (unpaired) electrons. The van der Waals surface area contributed by atoms with Gasteiger partial charge in [0.15, 0.2) is 0 Å². The van der Waals surface area contributed by atoms with Gasteiger partial charge in [0.1, 0.15) is 23.1 Å². The molecule has 1 aliphatic heterocycles. The minimum Gasteiger partial charge on any atom is -0.353 e. The highest BCUT2D eigenvalue weighted by molar-refractivity contribution is 6.02. The van der Waals surface area contributed by atoms with Gasteiger partial charge < -0.3 is 10.2 Å². The lowest BCUT2D eigenvalue weighted by Gasteiger charge is -2.36. The second-order valence-electron chi connectivity index (χ2n) is 8.00. The molecule has 0 unspecified atom stereocenters. The van der Waals surface area contributed by atoms with Crippen molar-refractivity contribution in [3.63, 3.8) is 0 Å². The van der Waals surface area contributed by atoms with Crippen LogP contribution in [-0.2, 0) is 11.3 Å². The molecular formula is C26H26N6O2. The average molecular weight is 455 g/mol. The molecule has 1 saturated heterocycles. The third-order valence-corrected chi connectivity index (χ3v) is 5.73. The molecule has 8 nitrogen and oxygen atoms in total. The van der Waals surface area contributed by atoms with Crippen molar-refractivity contribution < 1.29 is 4.79 Å². The highest BCUT2D eigenvalue weighted by atomic mass is 16.1. The predicted octanol–water partition coefficient (Wildman–Crippen LogP) is 2.23. The number of fused-ring (bicyclic) bond motifs is 1.